The van der Waals surface area contributed by atoms with Crippen LogP contribution in [0.3, 0.4) is 0 Å². The van der Waals surface area contributed by atoms with Crippen molar-refractivity contribution in [3.8, 4) is 0 Å². The number of hydrogen-bond acceptors (Lipinski definition) is 3. The second-order valence-electron chi connectivity index (χ2n) is 2.99. The monoisotopic (exact) mass is 210 g/mol. The molecule has 0 fully saturated rings. The third-order valence-electron chi connectivity index (χ3n) is 1.85. The van der Waals surface area contributed by atoms with E-state index in [1.54, 1.807) is 19.1 Å². The molecule has 0 aliphatic rings. The van der Waals surface area contributed by atoms with Crippen LogP contribution in [0, 0.1) is 5.92 Å². The number of esters is 1. The number of hydrogen-bond donors (Lipinski definition) is 0. The summed E-state index contributed by atoms with van der Waals surface area (Å²) in [5.74, 6) is -0.263. The van der Waals surface area contributed by atoms with Gasteiger partial charge in [0, 0.05) is 5.92 Å². The Morgan fingerprint density at radius 2 is 2.07 bits per heavy atom. The van der Waals surface area contributed by atoms with E-state index in [1.165, 1.54) is 12.3 Å². The minimum atomic E-state index is -0.411. The van der Waals surface area contributed by atoms with Crippen LogP contribution in [0.4, 0.5) is 0 Å². The molecule has 0 spiro atoms. The van der Waals surface area contributed by atoms with Gasteiger partial charge in [-0.15, -0.1) is 6.58 Å². The first-order chi connectivity index (χ1) is 7.15. The first-order valence-electron chi connectivity index (χ1n) is 4.89. The molecule has 0 saturated carbocycles. The summed E-state index contributed by atoms with van der Waals surface area (Å²) >= 11 is 0. The average molecular weight is 210 g/mol. The number of carbonyl (C=O) groups excluding carboxylic acids is 1. The van der Waals surface area contributed by atoms with Gasteiger partial charge < -0.3 is 9.47 Å². The fourth-order valence-corrected chi connectivity index (χ4v) is 0.904. The summed E-state index contributed by atoms with van der Waals surface area (Å²) in [7, 11) is 0. The van der Waals surface area contributed by atoms with Gasteiger partial charge in [-0.2, -0.15) is 0 Å². The van der Waals surface area contributed by atoms with E-state index >= 15 is 0 Å². The number of carbonyl (C=O) groups is 1. The lowest BCUT2D eigenvalue weighted by Crippen LogP contribution is -2.14. The van der Waals surface area contributed by atoms with Crippen molar-refractivity contribution in [1.82, 2.24) is 0 Å². The van der Waals surface area contributed by atoms with E-state index in [-0.39, 0.29) is 12.0 Å². The van der Waals surface area contributed by atoms with E-state index in [0.29, 0.717) is 6.61 Å². The molecule has 0 aromatic carbocycles. The van der Waals surface area contributed by atoms with E-state index in [9.17, 15) is 4.79 Å². The summed E-state index contributed by atoms with van der Waals surface area (Å²) in [6, 6.07) is 0. The molecule has 0 aliphatic carbocycles. The molecule has 15 heavy (non-hydrogen) atoms. The lowest BCUT2D eigenvalue weighted by atomic mass is 10.1. The average Bonchev–Trinajstić information content (AvgIpc) is 2.24. The lowest BCUT2D eigenvalue weighted by molar-refractivity contribution is -0.137. The predicted molar refractivity (Wildman–Crippen MR) is 60.2 cm³/mol. The van der Waals surface area contributed by atoms with Crippen LogP contribution in [-0.2, 0) is 14.3 Å². The van der Waals surface area contributed by atoms with Crippen LogP contribution in [0.15, 0.2) is 37.6 Å². The van der Waals surface area contributed by atoms with Crippen molar-refractivity contribution >= 4 is 5.97 Å². The van der Waals surface area contributed by atoms with Gasteiger partial charge in [-0.05, 0) is 6.92 Å². The van der Waals surface area contributed by atoms with E-state index in [4.69, 9.17) is 9.47 Å². The lowest BCUT2D eigenvalue weighted by Gasteiger charge is -2.16. The summed E-state index contributed by atoms with van der Waals surface area (Å²) in [5, 5.41) is 0. The van der Waals surface area contributed by atoms with Crippen molar-refractivity contribution < 1.29 is 14.3 Å². The van der Waals surface area contributed by atoms with Crippen molar-refractivity contribution in [3.63, 3.8) is 0 Å². The number of rotatable bonds is 7. The second kappa shape index (κ2) is 7.85. The van der Waals surface area contributed by atoms with Crippen LogP contribution in [-0.4, -0.2) is 18.7 Å². The second-order valence-corrected chi connectivity index (χ2v) is 2.99. The predicted octanol–water partition coefficient (Wildman–Crippen LogP) is 2.46. The number of ether oxygens (including phenoxy) is 2. The zero-order chi connectivity index (χ0) is 11.7. The molecule has 3 nitrogen and oxygen atoms in total. The first kappa shape index (κ1) is 13.5. The summed E-state index contributed by atoms with van der Waals surface area (Å²) in [6.45, 7) is 11.4. The van der Waals surface area contributed by atoms with Crippen LogP contribution in [0.25, 0.3) is 0 Å². The Labute approximate surface area is 91.1 Å². The molecule has 0 bridgehead atoms. The van der Waals surface area contributed by atoms with E-state index in [1.807, 2.05) is 6.92 Å². The van der Waals surface area contributed by atoms with Crippen LogP contribution in [0.2, 0.25) is 0 Å². The molecular weight excluding hydrogens is 192 g/mol. The maximum Gasteiger partial charge on any atom is 0.333 e. The maximum atomic E-state index is 10.9. The molecule has 0 N–H and O–H groups in total. The highest BCUT2D eigenvalue weighted by Gasteiger charge is 2.09. The quantitative estimate of drug-likeness (QED) is 0.280. The Morgan fingerprint density at radius 3 is 2.53 bits per heavy atom. The van der Waals surface area contributed by atoms with Crippen LogP contribution in [0.5, 0.6) is 0 Å². The topological polar surface area (TPSA) is 35.5 Å². The van der Waals surface area contributed by atoms with Crippen LogP contribution >= 0.6 is 0 Å². The highest BCUT2D eigenvalue weighted by atomic mass is 16.5. The molecule has 0 aromatic rings. The molecular formula is C12H18O3. The maximum absolute atomic E-state index is 10.9. The fraction of sp³-hybridized carbons (Fsp3) is 0.417. The van der Waals surface area contributed by atoms with Gasteiger partial charge in [0.2, 0.25) is 0 Å². The molecule has 0 amide bonds. The van der Waals surface area contributed by atoms with Gasteiger partial charge in [-0.3, -0.25) is 0 Å². The molecule has 84 valence electrons. The van der Waals surface area contributed by atoms with Gasteiger partial charge >= 0.3 is 5.97 Å². The zero-order valence-electron chi connectivity index (χ0n) is 9.31. The molecule has 3 heteroatoms. The fourth-order valence-electron chi connectivity index (χ4n) is 0.904. The Kier molecular flexibility index (Phi) is 7.06. The zero-order valence-corrected chi connectivity index (χ0v) is 9.31. The van der Waals surface area contributed by atoms with Crippen molar-refractivity contribution in [3.05, 3.63) is 37.6 Å². The van der Waals surface area contributed by atoms with Gasteiger partial charge in [0.25, 0.3) is 0 Å². The van der Waals surface area contributed by atoms with Gasteiger partial charge in [0.15, 0.2) is 0 Å². The molecule has 0 rings (SSSR count). The molecule has 0 aliphatic heterocycles. The molecule has 0 heterocycles. The molecule has 0 aromatic heterocycles. The Balaban J connectivity index is 4.05. The first-order valence-corrected chi connectivity index (χ1v) is 4.89. The third-order valence-corrected chi connectivity index (χ3v) is 1.85. The smallest absolute Gasteiger partial charge is 0.333 e. The Hall–Kier alpha value is -1.51. The van der Waals surface area contributed by atoms with Crippen molar-refractivity contribution in [1.29, 1.82) is 0 Å². The standard InChI is InChI=1S/C12H18O3/c1-5-10(4)11(6-2)15-9-8-12(13)14-7-3/h5-6,8-11H,1-2,7H2,3-4H3/b9-8+/t10-,11+/m1/s1. The molecule has 2 atom stereocenters. The van der Waals surface area contributed by atoms with E-state index in [2.05, 4.69) is 13.2 Å². The summed E-state index contributed by atoms with van der Waals surface area (Å²) in [6.07, 6.45) is 5.83. The highest BCUT2D eigenvalue weighted by molar-refractivity contribution is 5.81. The largest absolute Gasteiger partial charge is 0.493 e. The van der Waals surface area contributed by atoms with Crippen LogP contribution in [0.1, 0.15) is 13.8 Å². The van der Waals surface area contributed by atoms with Crippen molar-refractivity contribution in [2.24, 2.45) is 5.92 Å². The van der Waals surface area contributed by atoms with E-state index < -0.39 is 5.97 Å². The SMILES string of the molecule is C=C[C@@H](C)[C@H](C=C)O/C=C/C(=O)OCC. The summed E-state index contributed by atoms with van der Waals surface area (Å²) in [4.78, 5) is 10.9. The van der Waals surface area contributed by atoms with Crippen LogP contribution < -0.4 is 0 Å². The molecule has 0 radical (unpaired) electrons. The minimum absolute atomic E-state index is 0.148. The third kappa shape index (κ3) is 5.73. The van der Waals surface area contributed by atoms with Gasteiger partial charge in [-0.1, -0.05) is 25.7 Å². The van der Waals surface area contributed by atoms with Gasteiger partial charge in [-0.25, -0.2) is 4.79 Å². The summed E-state index contributed by atoms with van der Waals surface area (Å²) < 4.78 is 9.98. The highest BCUT2D eigenvalue weighted by Crippen LogP contribution is 2.09. The molecule has 0 saturated heterocycles. The van der Waals surface area contributed by atoms with Crippen molar-refractivity contribution in [2.45, 2.75) is 20.0 Å². The van der Waals surface area contributed by atoms with E-state index in [0.717, 1.165) is 0 Å². The molecule has 0 unspecified atom stereocenters. The van der Waals surface area contributed by atoms with Gasteiger partial charge in [0.05, 0.1) is 18.9 Å². The van der Waals surface area contributed by atoms with Crippen molar-refractivity contribution in [2.75, 3.05) is 6.61 Å². The minimum Gasteiger partial charge on any atom is -0.493 e. The summed E-state index contributed by atoms with van der Waals surface area (Å²) in [5.41, 5.74) is 0. The normalized spacial score (nSPS) is 14.3. The Morgan fingerprint density at radius 1 is 1.40 bits per heavy atom. The Bertz CT molecular complexity index is 243. The van der Waals surface area contributed by atoms with Gasteiger partial charge in [0.1, 0.15) is 6.10 Å².